The first kappa shape index (κ1) is 16.1. The minimum Gasteiger partial charge on any atom is -0.480 e. The molecule has 3 amide bonds. The monoisotopic (exact) mass is 360 g/mol. The van der Waals surface area contributed by atoms with Crippen LogP contribution < -0.4 is 0 Å². The summed E-state index contributed by atoms with van der Waals surface area (Å²) in [5, 5.41) is 9.20. The molecular weight excluding hydrogens is 344 g/mol. The molecule has 3 heterocycles. The van der Waals surface area contributed by atoms with Gasteiger partial charge in [-0.05, 0) is 31.4 Å². The van der Waals surface area contributed by atoms with Crippen molar-refractivity contribution in [2.45, 2.75) is 36.7 Å². The lowest BCUT2D eigenvalue weighted by Gasteiger charge is -2.31. The Morgan fingerprint density at radius 1 is 1.08 bits per heavy atom. The number of thioether (sulfide) groups is 1. The standard InChI is InChI=1S/C17H16N2O5S/c20-14-9-4-1-2-5-10(9)15(21)19(14)11-6-3-7-13-18(16(11)22)12(8-25-13)17(23)24/h1-2,4-5,11-13H,3,6-8H2,(H,23,24)/t11-,12-,13?/m0/s1. The maximum absolute atomic E-state index is 13.1. The minimum absolute atomic E-state index is 0.200. The highest BCUT2D eigenvalue weighted by Gasteiger charge is 2.50. The highest BCUT2D eigenvalue weighted by Crippen LogP contribution is 2.38. The molecule has 2 saturated heterocycles. The average molecular weight is 360 g/mol. The van der Waals surface area contributed by atoms with Gasteiger partial charge in [0.1, 0.15) is 12.1 Å². The van der Waals surface area contributed by atoms with E-state index < -0.39 is 35.8 Å². The van der Waals surface area contributed by atoms with E-state index in [0.29, 0.717) is 36.1 Å². The Morgan fingerprint density at radius 2 is 1.72 bits per heavy atom. The van der Waals surface area contributed by atoms with E-state index in [9.17, 15) is 24.3 Å². The molecule has 0 aliphatic carbocycles. The molecule has 0 aromatic heterocycles. The van der Waals surface area contributed by atoms with Crippen molar-refractivity contribution in [3.63, 3.8) is 0 Å². The molecule has 0 spiro atoms. The quantitative estimate of drug-likeness (QED) is 0.796. The van der Waals surface area contributed by atoms with Crippen LogP contribution in [0.1, 0.15) is 40.0 Å². The predicted molar refractivity (Wildman–Crippen MR) is 89.1 cm³/mol. The predicted octanol–water partition coefficient (Wildman–Crippen LogP) is 1.19. The van der Waals surface area contributed by atoms with E-state index in [2.05, 4.69) is 0 Å². The summed E-state index contributed by atoms with van der Waals surface area (Å²) in [4.78, 5) is 52.3. The molecule has 1 aromatic rings. The van der Waals surface area contributed by atoms with Crippen molar-refractivity contribution in [3.8, 4) is 0 Å². The molecule has 25 heavy (non-hydrogen) atoms. The van der Waals surface area contributed by atoms with Gasteiger partial charge in [-0.1, -0.05) is 12.1 Å². The molecule has 7 nitrogen and oxygen atoms in total. The Kier molecular flexibility index (Phi) is 3.79. The Morgan fingerprint density at radius 3 is 2.32 bits per heavy atom. The van der Waals surface area contributed by atoms with Gasteiger partial charge in [0.15, 0.2) is 0 Å². The first-order valence-electron chi connectivity index (χ1n) is 8.14. The number of carbonyl (C=O) groups excluding carboxylic acids is 3. The van der Waals surface area contributed by atoms with E-state index in [0.717, 1.165) is 4.90 Å². The number of amides is 3. The molecule has 0 saturated carbocycles. The van der Waals surface area contributed by atoms with Crippen molar-refractivity contribution >= 4 is 35.5 Å². The van der Waals surface area contributed by atoms with Crippen molar-refractivity contribution in [2.24, 2.45) is 0 Å². The molecule has 2 fully saturated rings. The van der Waals surface area contributed by atoms with Crippen LogP contribution >= 0.6 is 11.8 Å². The second-order valence-corrected chi connectivity index (χ2v) is 7.57. The van der Waals surface area contributed by atoms with Crippen LogP contribution in [0.25, 0.3) is 0 Å². The minimum atomic E-state index is -1.05. The number of nitrogens with zero attached hydrogens (tertiary/aromatic N) is 2. The number of carboxylic acid groups (broad SMARTS) is 1. The second kappa shape index (κ2) is 5.87. The number of rotatable bonds is 2. The van der Waals surface area contributed by atoms with Crippen LogP contribution in [0.2, 0.25) is 0 Å². The maximum atomic E-state index is 13.1. The van der Waals surface area contributed by atoms with E-state index in [-0.39, 0.29) is 5.37 Å². The average Bonchev–Trinajstić information content (AvgIpc) is 3.08. The third-order valence-corrected chi connectivity index (χ3v) is 6.34. The van der Waals surface area contributed by atoms with Crippen molar-refractivity contribution in [1.82, 2.24) is 9.80 Å². The molecule has 1 unspecified atom stereocenters. The number of carboxylic acids is 1. The summed E-state index contributed by atoms with van der Waals surface area (Å²) >= 11 is 1.45. The van der Waals surface area contributed by atoms with E-state index in [1.807, 2.05) is 0 Å². The zero-order chi connectivity index (χ0) is 17.7. The zero-order valence-electron chi connectivity index (χ0n) is 13.3. The molecule has 0 radical (unpaired) electrons. The molecule has 4 rings (SSSR count). The normalized spacial score (nSPS) is 28.8. The summed E-state index contributed by atoms with van der Waals surface area (Å²) < 4.78 is 0. The highest BCUT2D eigenvalue weighted by molar-refractivity contribution is 8.00. The van der Waals surface area contributed by atoms with Crippen molar-refractivity contribution < 1.29 is 24.3 Å². The van der Waals surface area contributed by atoms with Gasteiger partial charge in [0, 0.05) is 5.75 Å². The zero-order valence-corrected chi connectivity index (χ0v) is 14.1. The van der Waals surface area contributed by atoms with Crippen LogP contribution in [-0.2, 0) is 9.59 Å². The number of hydrogen-bond acceptors (Lipinski definition) is 5. The fraction of sp³-hybridized carbons (Fsp3) is 0.412. The topological polar surface area (TPSA) is 95.0 Å². The van der Waals surface area contributed by atoms with E-state index >= 15 is 0 Å². The first-order valence-corrected chi connectivity index (χ1v) is 9.19. The van der Waals surface area contributed by atoms with Crippen LogP contribution in [0.3, 0.4) is 0 Å². The van der Waals surface area contributed by atoms with Crippen LogP contribution in [0.4, 0.5) is 0 Å². The smallest absolute Gasteiger partial charge is 0.327 e. The number of hydrogen-bond donors (Lipinski definition) is 1. The van der Waals surface area contributed by atoms with Gasteiger partial charge in [-0.25, -0.2) is 4.79 Å². The van der Waals surface area contributed by atoms with Gasteiger partial charge in [-0.3, -0.25) is 19.3 Å². The molecule has 3 atom stereocenters. The largest absolute Gasteiger partial charge is 0.480 e. The van der Waals surface area contributed by atoms with Gasteiger partial charge in [-0.15, -0.1) is 11.8 Å². The molecular formula is C17H16N2O5S. The van der Waals surface area contributed by atoms with Crippen LogP contribution in [0.5, 0.6) is 0 Å². The van der Waals surface area contributed by atoms with Gasteiger partial charge in [0.05, 0.1) is 16.5 Å². The number of benzene rings is 1. The summed E-state index contributed by atoms with van der Waals surface area (Å²) in [6.45, 7) is 0. The Hall–Kier alpha value is -2.35. The van der Waals surface area contributed by atoms with Crippen LogP contribution in [0, 0.1) is 0 Å². The van der Waals surface area contributed by atoms with Crippen molar-refractivity contribution in [1.29, 1.82) is 0 Å². The van der Waals surface area contributed by atoms with Crippen LogP contribution in [0.15, 0.2) is 24.3 Å². The molecule has 0 bridgehead atoms. The summed E-state index contributed by atoms with van der Waals surface area (Å²) in [5.41, 5.74) is 0.596. The number of aliphatic carboxylic acids is 1. The van der Waals surface area contributed by atoms with Gasteiger partial charge >= 0.3 is 5.97 Å². The molecule has 1 N–H and O–H groups in total. The molecule has 130 valence electrons. The number of carbonyl (C=O) groups is 4. The number of imide groups is 1. The summed E-state index contributed by atoms with van der Waals surface area (Å²) in [5.74, 6) is -2.10. The third kappa shape index (κ3) is 2.35. The maximum Gasteiger partial charge on any atom is 0.327 e. The van der Waals surface area contributed by atoms with E-state index in [1.54, 1.807) is 24.3 Å². The van der Waals surface area contributed by atoms with Gasteiger partial charge in [0.25, 0.3) is 11.8 Å². The second-order valence-electron chi connectivity index (χ2n) is 6.36. The van der Waals surface area contributed by atoms with Gasteiger partial charge < -0.3 is 10.0 Å². The highest BCUT2D eigenvalue weighted by atomic mass is 32.2. The fourth-order valence-corrected chi connectivity index (χ4v) is 5.24. The lowest BCUT2D eigenvalue weighted by molar-refractivity contribution is -0.150. The summed E-state index contributed by atoms with van der Waals surface area (Å²) in [7, 11) is 0. The van der Waals surface area contributed by atoms with Crippen LogP contribution in [-0.4, -0.2) is 61.8 Å². The fourth-order valence-electron chi connectivity index (χ4n) is 3.78. The molecule has 1 aromatic carbocycles. The first-order chi connectivity index (χ1) is 12.0. The Bertz CT molecular complexity index is 760. The van der Waals surface area contributed by atoms with E-state index in [1.165, 1.54) is 16.7 Å². The summed E-state index contributed by atoms with van der Waals surface area (Å²) in [6.07, 6.45) is 1.69. The third-order valence-electron chi connectivity index (χ3n) is 4.98. The number of fused-ring (bicyclic) bond motifs is 2. The van der Waals surface area contributed by atoms with E-state index in [4.69, 9.17) is 0 Å². The Balaban J connectivity index is 1.69. The van der Waals surface area contributed by atoms with Crippen molar-refractivity contribution in [3.05, 3.63) is 35.4 Å². The van der Waals surface area contributed by atoms with Gasteiger partial charge in [-0.2, -0.15) is 0 Å². The molecule has 3 aliphatic rings. The lowest BCUT2D eigenvalue weighted by Crippen LogP contribution is -2.54. The Labute approximate surface area is 148 Å². The lowest BCUT2D eigenvalue weighted by atomic mass is 10.1. The summed E-state index contributed by atoms with van der Waals surface area (Å²) in [6, 6.07) is 4.67. The SMILES string of the molecule is O=C(O)[C@@H]1CSC2CCC[C@H](N3C(=O)c4ccccc4C3=O)C(=O)N21. The van der Waals surface area contributed by atoms with Gasteiger partial charge in [0.2, 0.25) is 5.91 Å². The molecule has 3 aliphatic heterocycles. The van der Waals surface area contributed by atoms with Crippen molar-refractivity contribution in [2.75, 3.05) is 5.75 Å². The molecule has 8 heteroatoms.